The summed E-state index contributed by atoms with van der Waals surface area (Å²) in [4.78, 5) is 4.31. The smallest absolute Gasteiger partial charge is 0.236 e. The van der Waals surface area contributed by atoms with Gasteiger partial charge >= 0.3 is 0 Å². The molecule has 2 aromatic heterocycles. The highest BCUT2D eigenvalue weighted by molar-refractivity contribution is 5.19. The molecule has 0 atom stereocenters. The third kappa shape index (κ3) is 2.69. The van der Waals surface area contributed by atoms with Gasteiger partial charge in [-0.1, -0.05) is 19.4 Å². The maximum absolute atomic E-state index is 4.31. The fourth-order valence-corrected chi connectivity index (χ4v) is 1.71. The van der Waals surface area contributed by atoms with Crippen LogP contribution in [0.15, 0.2) is 43.1 Å². The first-order valence-electron chi connectivity index (χ1n) is 5.88. The first kappa shape index (κ1) is 10.9. The Hall–Kier alpha value is -1.64. The van der Waals surface area contributed by atoms with Crippen LogP contribution >= 0.6 is 0 Å². The minimum Gasteiger partial charge on any atom is -0.236 e. The lowest BCUT2D eigenvalue weighted by molar-refractivity contribution is -0.696. The van der Waals surface area contributed by atoms with E-state index in [2.05, 4.69) is 29.0 Å². The van der Waals surface area contributed by atoms with Gasteiger partial charge < -0.3 is 0 Å². The molecule has 16 heavy (non-hydrogen) atoms. The number of nitrogens with zero attached hydrogens (tertiary/aromatic N) is 3. The van der Waals surface area contributed by atoms with Crippen LogP contribution in [0.1, 0.15) is 26.2 Å². The highest BCUT2D eigenvalue weighted by Crippen LogP contribution is 2.00. The van der Waals surface area contributed by atoms with Crippen molar-refractivity contribution >= 4 is 0 Å². The lowest BCUT2D eigenvalue weighted by atomic mass is 10.2. The van der Waals surface area contributed by atoms with Crippen molar-refractivity contribution in [1.82, 2.24) is 9.55 Å². The molecular weight excluding hydrogens is 198 g/mol. The predicted molar refractivity (Wildman–Crippen MR) is 63.3 cm³/mol. The first-order chi connectivity index (χ1) is 7.90. The maximum atomic E-state index is 4.31. The molecule has 2 heterocycles. The van der Waals surface area contributed by atoms with Crippen LogP contribution in [0.4, 0.5) is 0 Å². The molecule has 0 saturated heterocycles. The molecule has 0 aliphatic rings. The summed E-state index contributed by atoms with van der Waals surface area (Å²) in [5.74, 6) is 0.969. The number of unbranched alkanes of at least 4 members (excludes halogenated alkanes) is 2. The second-order valence-corrected chi connectivity index (χ2v) is 3.95. The molecule has 3 nitrogen and oxygen atoms in total. The lowest BCUT2D eigenvalue weighted by Gasteiger charge is -1.95. The van der Waals surface area contributed by atoms with E-state index >= 15 is 0 Å². The standard InChI is InChI=1S/C13H18N3/c1-2-3-6-9-15-10-11-16(12-15)13-7-4-5-8-14-13/h4-5,7-8,10-12H,2-3,6,9H2,1H3/q+1. The Morgan fingerprint density at radius 2 is 2.25 bits per heavy atom. The summed E-state index contributed by atoms with van der Waals surface area (Å²) >= 11 is 0. The predicted octanol–water partition coefficient (Wildman–Crippen LogP) is 2.35. The van der Waals surface area contributed by atoms with Crippen LogP contribution in [0.5, 0.6) is 0 Å². The van der Waals surface area contributed by atoms with Gasteiger partial charge in [0.2, 0.25) is 12.1 Å². The van der Waals surface area contributed by atoms with Gasteiger partial charge in [-0.2, -0.15) is 4.57 Å². The average Bonchev–Trinajstić information content (AvgIpc) is 2.79. The minimum absolute atomic E-state index is 0.969. The summed E-state index contributed by atoms with van der Waals surface area (Å²) in [6, 6.07) is 5.95. The van der Waals surface area contributed by atoms with Gasteiger partial charge in [0, 0.05) is 12.3 Å². The van der Waals surface area contributed by atoms with E-state index in [1.807, 2.05) is 35.2 Å². The van der Waals surface area contributed by atoms with Gasteiger partial charge in [-0.15, -0.1) is 0 Å². The van der Waals surface area contributed by atoms with Gasteiger partial charge in [0.15, 0.2) is 0 Å². The molecule has 0 unspecified atom stereocenters. The molecule has 0 saturated carbocycles. The third-order valence-electron chi connectivity index (χ3n) is 2.63. The Kier molecular flexibility index (Phi) is 3.70. The van der Waals surface area contributed by atoms with Crippen molar-refractivity contribution in [2.75, 3.05) is 0 Å². The Morgan fingerprint density at radius 3 is 3.00 bits per heavy atom. The Balaban J connectivity index is 2.02. The molecule has 0 aliphatic heterocycles. The molecule has 0 radical (unpaired) electrons. The fraction of sp³-hybridized carbons (Fsp3) is 0.385. The number of aromatic nitrogens is 3. The molecule has 0 fully saturated rings. The molecule has 0 aromatic carbocycles. The molecule has 0 amide bonds. The van der Waals surface area contributed by atoms with E-state index in [1.165, 1.54) is 19.3 Å². The molecule has 0 N–H and O–H groups in total. The topological polar surface area (TPSA) is 21.7 Å². The third-order valence-corrected chi connectivity index (χ3v) is 2.63. The lowest BCUT2D eigenvalue weighted by Crippen LogP contribution is -2.30. The molecule has 0 spiro atoms. The zero-order chi connectivity index (χ0) is 11.2. The van der Waals surface area contributed by atoms with Gasteiger partial charge in [0.1, 0.15) is 12.4 Å². The summed E-state index contributed by atoms with van der Waals surface area (Å²) < 4.78 is 4.26. The summed E-state index contributed by atoms with van der Waals surface area (Å²) in [6.45, 7) is 3.32. The molecular formula is C13H18N3+. The van der Waals surface area contributed by atoms with Crippen molar-refractivity contribution < 1.29 is 4.57 Å². The van der Waals surface area contributed by atoms with E-state index in [0.29, 0.717) is 0 Å². The molecule has 2 rings (SSSR count). The molecule has 0 bridgehead atoms. The van der Waals surface area contributed by atoms with Gasteiger partial charge in [-0.3, -0.25) is 0 Å². The fourth-order valence-electron chi connectivity index (χ4n) is 1.71. The van der Waals surface area contributed by atoms with Crippen molar-refractivity contribution in [3.8, 4) is 5.82 Å². The van der Waals surface area contributed by atoms with Crippen molar-refractivity contribution in [1.29, 1.82) is 0 Å². The number of imidazole rings is 1. The summed E-state index contributed by atoms with van der Waals surface area (Å²) in [7, 11) is 0. The molecule has 3 heteroatoms. The van der Waals surface area contributed by atoms with Crippen molar-refractivity contribution in [2.45, 2.75) is 32.7 Å². The van der Waals surface area contributed by atoms with Crippen molar-refractivity contribution in [3.05, 3.63) is 43.1 Å². The minimum atomic E-state index is 0.969. The van der Waals surface area contributed by atoms with E-state index in [4.69, 9.17) is 0 Å². The number of hydrogen-bond donors (Lipinski definition) is 0. The van der Waals surface area contributed by atoms with Crippen LogP contribution in [0, 0.1) is 0 Å². The van der Waals surface area contributed by atoms with Gasteiger partial charge in [-0.25, -0.2) is 9.55 Å². The second-order valence-electron chi connectivity index (χ2n) is 3.95. The average molecular weight is 216 g/mol. The van der Waals surface area contributed by atoms with Crippen LogP contribution in [0.2, 0.25) is 0 Å². The molecule has 0 aliphatic carbocycles. The Labute approximate surface area is 96.4 Å². The summed E-state index contributed by atoms with van der Waals surface area (Å²) in [5, 5.41) is 0. The normalized spacial score (nSPS) is 10.6. The van der Waals surface area contributed by atoms with Crippen LogP contribution in [0.3, 0.4) is 0 Å². The second kappa shape index (κ2) is 5.45. The number of rotatable bonds is 5. The SMILES string of the molecule is CCCCC[n+]1ccn(-c2ccccn2)c1. The van der Waals surface area contributed by atoms with Crippen LogP contribution in [0.25, 0.3) is 5.82 Å². The highest BCUT2D eigenvalue weighted by Gasteiger charge is 2.05. The van der Waals surface area contributed by atoms with E-state index in [9.17, 15) is 0 Å². The summed E-state index contributed by atoms with van der Waals surface area (Å²) in [5.41, 5.74) is 0. The summed E-state index contributed by atoms with van der Waals surface area (Å²) in [6.07, 6.45) is 11.9. The maximum Gasteiger partial charge on any atom is 0.250 e. The van der Waals surface area contributed by atoms with Crippen LogP contribution < -0.4 is 4.57 Å². The quantitative estimate of drug-likeness (QED) is 0.555. The number of pyridine rings is 1. The number of aryl methyl sites for hydroxylation is 1. The van der Waals surface area contributed by atoms with Crippen LogP contribution in [-0.4, -0.2) is 9.55 Å². The monoisotopic (exact) mass is 216 g/mol. The van der Waals surface area contributed by atoms with E-state index in [1.54, 1.807) is 0 Å². The van der Waals surface area contributed by atoms with Crippen molar-refractivity contribution in [2.24, 2.45) is 0 Å². The Morgan fingerprint density at radius 1 is 1.31 bits per heavy atom. The largest absolute Gasteiger partial charge is 0.250 e. The van der Waals surface area contributed by atoms with Gasteiger partial charge in [0.25, 0.3) is 0 Å². The van der Waals surface area contributed by atoms with Gasteiger partial charge in [0.05, 0.1) is 6.54 Å². The van der Waals surface area contributed by atoms with E-state index in [0.717, 1.165) is 12.4 Å². The Bertz CT molecular complexity index is 420. The zero-order valence-electron chi connectivity index (χ0n) is 9.71. The van der Waals surface area contributed by atoms with Crippen molar-refractivity contribution in [3.63, 3.8) is 0 Å². The zero-order valence-corrected chi connectivity index (χ0v) is 9.71. The van der Waals surface area contributed by atoms with E-state index in [-0.39, 0.29) is 0 Å². The highest BCUT2D eigenvalue weighted by atomic mass is 15.1. The molecule has 84 valence electrons. The van der Waals surface area contributed by atoms with Gasteiger partial charge in [-0.05, 0) is 18.9 Å². The number of hydrogen-bond acceptors (Lipinski definition) is 1. The van der Waals surface area contributed by atoms with Crippen LogP contribution in [-0.2, 0) is 6.54 Å². The van der Waals surface area contributed by atoms with E-state index < -0.39 is 0 Å². The molecule has 2 aromatic rings. The first-order valence-corrected chi connectivity index (χ1v) is 5.88.